The van der Waals surface area contributed by atoms with E-state index in [-0.39, 0.29) is 23.0 Å². The number of amides is 1. The van der Waals surface area contributed by atoms with Crippen molar-refractivity contribution in [3.05, 3.63) is 71.3 Å². The molecule has 1 amide bonds. The maximum Gasteiger partial charge on any atom is 0.221 e. The lowest BCUT2D eigenvalue weighted by Gasteiger charge is -2.26. The zero-order valence-corrected chi connectivity index (χ0v) is 20.0. The SMILES string of the molecule is CC(=O)Nc1ccc(C(=O)CSc2nnc(CN3CCCCC3)n2Cc2ccccc2)c(F)c1. The third-order valence-corrected chi connectivity index (χ3v) is 6.68. The number of carbonyl (C=O) groups is 2. The Balaban J connectivity index is 1.49. The molecule has 0 unspecified atom stereocenters. The summed E-state index contributed by atoms with van der Waals surface area (Å²) in [4.78, 5) is 26.3. The van der Waals surface area contributed by atoms with E-state index in [0.717, 1.165) is 30.5 Å². The van der Waals surface area contributed by atoms with E-state index >= 15 is 0 Å². The van der Waals surface area contributed by atoms with Crippen molar-refractivity contribution in [1.29, 1.82) is 0 Å². The number of benzene rings is 2. The third kappa shape index (κ3) is 6.30. The fourth-order valence-corrected chi connectivity index (χ4v) is 4.86. The van der Waals surface area contributed by atoms with Crippen LogP contribution in [0, 0.1) is 5.82 Å². The predicted molar refractivity (Wildman–Crippen MR) is 130 cm³/mol. The van der Waals surface area contributed by atoms with E-state index in [1.807, 2.05) is 18.2 Å². The first-order valence-electron chi connectivity index (χ1n) is 11.4. The van der Waals surface area contributed by atoms with Crippen molar-refractivity contribution >= 4 is 29.1 Å². The molecule has 0 bridgehead atoms. The molecule has 1 aromatic heterocycles. The van der Waals surface area contributed by atoms with Crippen molar-refractivity contribution in [1.82, 2.24) is 19.7 Å². The summed E-state index contributed by atoms with van der Waals surface area (Å²) >= 11 is 1.26. The third-order valence-electron chi connectivity index (χ3n) is 5.71. The molecular weight excluding hydrogens is 453 g/mol. The molecule has 0 spiro atoms. The van der Waals surface area contributed by atoms with Crippen LogP contribution in [0.5, 0.6) is 0 Å². The van der Waals surface area contributed by atoms with Gasteiger partial charge in [-0.05, 0) is 49.7 Å². The summed E-state index contributed by atoms with van der Waals surface area (Å²) in [6.45, 7) is 4.76. The van der Waals surface area contributed by atoms with Crippen molar-refractivity contribution < 1.29 is 14.0 Å². The second-order valence-electron chi connectivity index (χ2n) is 8.40. The van der Waals surface area contributed by atoms with E-state index in [0.29, 0.717) is 23.9 Å². The summed E-state index contributed by atoms with van der Waals surface area (Å²) in [5, 5.41) is 12.0. The highest BCUT2D eigenvalue weighted by Crippen LogP contribution is 2.23. The highest BCUT2D eigenvalue weighted by atomic mass is 32.2. The van der Waals surface area contributed by atoms with Crippen LogP contribution in [0.1, 0.15) is 47.9 Å². The number of rotatable bonds is 9. The van der Waals surface area contributed by atoms with Gasteiger partial charge in [0.05, 0.1) is 24.4 Å². The second kappa shape index (κ2) is 11.4. The van der Waals surface area contributed by atoms with Gasteiger partial charge in [-0.25, -0.2) is 4.39 Å². The Morgan fingerprint density at radius 3 is 2.50 bits per heavy atom. The van der Waals surface area contributed by atoms with Gasteiger partial charge in [0.25, 0.3) is 0 Å². The van der Waals surface area contributed by atoms with Crippen LogP contribution in [0.3, 0.4) is 0 Å². The number of thioether (sulfide) groups is 1. The minimum Gasteiger partial charge on any atom is -0.326 e. The lowest BCUT2D eigenvalue weighted by Crippen LogP contribution is -2.30. The number of likely N-dealkylation sites (tertiary alicyclic amines) is 1. The number of nitrogens with one attached hydrogen (secondary N) is 1. The Morgan fingerprint density at radius 1 is 1.03 bits per heavy atom. The molecule has 7 nitrogen and oxygen atoms in total. The molecule has 2 heterocycles. The molecular formula is C25H28FN5O2S. The minimum absolute atomic E-state index is 0.00994. The van der Waals surface area contributed by atoms with Crippen LogP contribution in [0.4, 0.5) is 10.1 Å². The second-order valence-corrected chi connectivity index (χ2v) is 9.34. The highest BCUT2D eigenvalue weighted by Gasteiger charge is 2.20. The van der Waals surface area contributed by atoms with E-state index in [9.17, 15) is 14.0 Å². The van der Waals surface area contributed by atoms with Gasteiger partial charge in [-0.3, -0.25) is 14.5 Å². The van der Waals surface area contributed by atoms with Crippen LogP contribution in [-0.4, -0.2) is 50.2 Å². The van der Waals surface area contributed by atoms with E-state index in [1.165, 1.54) is 50.1 Å². The summed E-state index contributed by atoms with van der Waals surface area (Å²) in [6, 6.07) is 14.2. The molecule has 9 heteroatoms. The Labute approximate surface area is 202 Å². The maximum atomic E-state index is 14.5. The van der Waals surface area contributed by atoms with Gasteiger partial charge < -0.3 is 9.88 Å². The lowest BCUT2D eigenvalue weighted by atomic mass is 10.1. The van der Waals surface area contributed by atoms with E-state index in [2.05, 4.69) is 37.1 Å². The number of ketones is 1. The van der Waals surface area contributed by atoms with Gasteiger partial charge in [-0.2, -0.15) is 0 Å². The summed E-state index contributed by atoms with van der Waals surface area (Å²) < 4.78 is 16.5. The molecule has 2 aromatic carbocycles. The molecule has 1 N–H and O–H groups in total. The van der Waals surface area contributed by atoms with E-state index in [1.54, 1.807) is 0 Å². The molecule has 4 rings (SSSR count). The number of aromatic nitrogens is 3. The molecule has 1 aliphatic rings. The first-order valence-corrected chi connectivity index (χ1v) is 12.4. The van der Waals surface area contributed by atoms with Crippen LogP contribution in [-0.2, 0) is 17.9 Å². The number of anilines is 1. The molecule has 1 fully saturated rings. The topological polar surface area (TPSA) is 80.1 Å². The van der Waals surface area contributed by atoms with Crippen LogP contribution in [0.2, 0.25) is 0 Å². The quantitative estimate of drug-likeness (QED) is 0.361. The largest absolute Gasteiger partial charge is 0.326 e. The molecule has 1 saturated heterocycles. The number of carbonyl (C=O) groups excluding carboxylic acids is 2. The van der Waals surface area contributed by atoms with Crippen molar-refractivity contribution in [3.63, 3.8) is 0 Å². The van der Waals surface area contributed by atoms with Gasteiger partial charge in [0.1, 0.15) is 11.6 Å². The molecule has 0 aliphatic carbocycles. The lowest BCUT2D eigenvalue weighted by molar-refractivity contribution is -0.114. The highest BCUT2D eigenvalue weighted by molar-refractivity contribution is 7.99. The van der Waals surface area contributed by atoms with Crippen LogP contribution in [0.15, 0.2) is 53.7 Å². The first-order chi connectivity index (χ1) is 16.5. The monoisotopic (exact) mass is 481 g/mol. The standard InChI is InChI=1S/C25H28FN5O2S/c1-18(32)27-20-10-11-21(22(26)14-20)23(33)17-34-25-29-28-24(16-30-12-6-3-7-13-30)31(25)15-19-8-4-2-5-9-19/h2,4-5,8-11,14H,3,6-7,12-13,15-17H2,1H3,(H,27,32). The summed E-state index contributed by atoms with van der Waals surface area (Å²) in [5.74, 6) is -0.400. The number of halogens is 1. The molecule has 178 valence electrons. The van der Waals surface area contributed by atoms with Gasteiger partial charge in [0.15, 0.2) is 10.9 Å². The van der Waals surface area contributed by atoms with Crippen molar-refractivity contribution in [3.8, 4) is 0 Å². The number of nitrogens with zero attached hydrogens (tertiary/aromatic N) is 4. The molecule has 0 saturated carbocycles. The summed E-state index contributed by atoms with van der Waals surface area (Å²) in [5.41, 5.74) is 1.43. The molecule has 34 heavy (non-hydrogen) atoms. The Kier molecular flexibility index (Phi) is 8.08. The molecule has 0 atom stereocenters. The van der Waals surface area contributed by atoms with Crippen molar-refractivity contribution in [2.75, 3.05) is 24.2 Å². The van der Waals surface area contributed by atoms with Gasteiger partial charge in [-0.1, -0.05) is 48.5 Å². The molecule has 0 radical (unpaired) electrons. The Hall–Kier alpha value is -3.04. The fraction of sp³-hybridized carbons (Fsp3) is 0.360. The Morgan fingerprint density at radius 2 is 1.79 bits per heavy atom. The number of hydrogen-bond donors (Lipinski definition) is 1. The number of piperidine rings is 1. The summed E-state index contributed by atoms with van der Waals surface area (Å²) in [7, 11) is 0. The van der Waals surface area contributed by atoms with Gasteiger partial charge in [0, 0.05) is 12.6 Å². The maximum absolute atomic E-state index is 14.5. The zero-order chi connectivity index (χ0) is 23.9. The van der Waals surface area contributed by atoms with Crippen LogP contribution in [0.25, 0.3) is 0 Å². The molecule has 3 aromatic rings. The zero-order valence-electron chi connectivity index (χ0n) is 19.2. The van der Waals surface area contributed by atoms with Gasteiger partial charge in [0.2, 0.25) is 5.91 Å². The minimum atomic E-state index is -0.659. The Bertz CT molecular complexity index is 1150. The average Bonchev–Trinajstić information content (AvgIpc) is 3.19. The predicted octanol–water partition coefficient (Wildman–Crippen LogP) is 4.38. The number of hydrogen-bond acceptors (Lipinski definition) is 6. The van der Waals surface area contributed by atoms with E-state index < -0.39 is 5.82 Å². The fourth-order valence-electron chi connectivity index (χ4n) is 4.02. The van der Waals surface area contributed by atoms with Crippen molar-refractivity contribution in [2.24, 2.45) is 0 Å². The van der Waals surface area contributed by atoms with Crippen LogP contribution >= 0.6 is 11.8 Å². The summed E-state index contributed by atoms with van der Waals surface area (Å²) in [6.07, 6.45) is 3.64. The smallest absolute Gasteiger partial charge is 0.221 e. The van der Waals surface area contributed by atoms with Crippen LogP contribution < -0.4 is 5.32 Å². The average molecular weight is 482 g/mol. The van der Waals surface area contributed by atoms with Gasteiger partial charge >= 0.3 is 0 Å². The first kappa shape index (κ1) is 24.1. The normalized spacial score (nSPS) is 14.2. The van der Waals surface area contributed by atoms with E-state index in [4.69, 9.17) is 0 Å². The number of Topliss-reactive ketones (excluding diaryl/α,β-unsaturated/α-hetero) is 1. The van der Waals surface area contributed by atoms with Crippen molar-refractivity contribution in [2.45, 2.75) is 44.4 Å². The molecule has 1 aliphatic heterocycles. The van der Waals surface area contributed by atoms with Gasteiger partial charge in [-0.15, -0.1) is 10.2 Å².